The second-order valence-corrected chi connectivity index (χ2v) is 12.7. The van der Waals surface area contributed by atoms with Crippen molar-refractivity contribution in [2.45, 2.75) is 90.4 Å². The molecule has 8 atom stereocenters. The van der Waals surface area contributed by atoms with Crippen molar-refractivity contribution in [1.82, 2.24) is 0 Å². The largest absolute Gasteiger partial charge is 0.506 e. The highest BCUT2D eigenvalue weighted by molar-refractivity contribution is 6.05. The number of rotatable bonds is 4. The third-order valence-electron chi connectivity index (χ3n) is 11.0. The summed E-state index contributed by atoms with van der Waals surface area (Å²) in [5, 5.41) is 20.6. The van der Waals surface area contributed by atoms with E-state index in [4.69, 9.17) is 14.6 Å². The number of fused-ring (bicyclic) bond motifs is 6. The van der Waals surface area contributed by atoms with Crippen molar-refractivity contribution in [3.63, 3.8) is 0 Å². The van der Waals surface area contributed by atoms with Crippen LogP contribution in [0.3, 0.4) is 0 Å². The quantitative estimate of drug-likeness (QED) is 0.516. The number of Topliss-reactive ketones (excluding diaryl/α,β-unsaturated/α-hetero) is 1. The Kier molecular flexibility index (Phi) is 5.97. The third-order valence-corrected chi connectivity index (χ3v) is 11.0. The Balaban J connectivity index is 1.29. The first kappa shape index (κ1) is 25.0. The summed E-state index contributed by atoms with van der Waals surface area (Å²) in [6.45, 7) is 3.77. The lowest BCUT2D eigenvalue weighted by Gasteiger charge is -2.59. The van der Waals surface area contributed by atoms with Crippen LogP contribution in [0.4, 0.5) is 4.79 Å². The first-order valence-corrected chi connectivity index (χ1v) is 14.0. The first-order chi connectivity index (χ1) is 17.6. The first-order valence-electron chi connectivity index (χ1n) is 14.0. The molecule has 37 heavy (non-hydrogen) atoms. The molecule has 1 aliphatic heterocycles. The van der Waals surface area contributed by atoms with Crippen LogP contribution in [0.2, 0.25) is 0 Å². The Labute approximate surface area is 217 Å². The van der Waals surface area contributed by atoms with E-state index in [-0.39, 0.29) is 41.2 Å². The van der Waals surface area contributed by atoms with Crippen LogP contribution in [0, 0.1) is 40.4 Å². The van der Waals surface area contributed by atoms with Crippen molar-refractivity contribution >= 4 is 17.7 Å². The molecule has 0 bridgehead atoms. The lowest BCUT2D eigenvalue weighted by molar-refractivity contribution is -0.149. The van der Waals surface area contributed by atoms with Crippen LogP contribution < -0.4 is 0 Å². The summed E-state index contributed by atoms with van der Waals surface area (Å²) in [4.78, 5) is 36.9. The summed E-state index contributed by atoms with van der Waals surface area (Å²) in [5.74, 6) is 0.799. The van der Waals surface area contributed by atoms with Gasteiger partial charge < -0.3 is 24.4 Å². The van der Waals surface area contributed by atoms with E-state index in [1.165, 1.54) is 6.42 Å². The fourth-order valence-electron chi connectivity index (χ4n) is 9.36. The fraction of sp³-hybridized carbons (Fsp3) is 0.759. The number of ketones is 2. The summed E-state index contributed by atoms with van der Waals surface area (Å²) in [5.41, 5.74) is -0.0186. The molecule has 1 heterocycles. The van der Waals surface area contributed by atoms with Crippen molar-refractivity contribution in [3.05, 3.63) is 23.2 Å². The van der Waals surface area contributed by atoms with E-state index >= 15 is 0 Å². The highest BCUT2D eigenvalue weighted by Gasteiger charge is 2.66. The van der Waals surface area contributed by atoms with Crippen molar-refractivity contribution < 1.29 is 38.8 Å². The zero-order valence-corrected chi connectivity index (χ0v) is 21.7. The number of carbonyl (C=O) groups is 3. The number of hydrogen-bond donors (Lipinski definition) is 2. The molecule has 202 valence electrons. The smallest absolute Gasteiger partial charge is 0.454 e. The molecular formula is C29H38O8. The Morgan fingerprint density at radius 3 is 2.57 bits per heavy atom. The number of aliphatic hydroxyl groups excluding tert-OH is 1. The fourth-order valence-corrected chi connectivity index (χ4v) is 9.36. The number of hydrogen-bond acceptors (Lipinski definition) is 7. The van der Waals surface area contributed by atoms with Gasteiger partial charge in [-0.3, -0.25) is 9.59 Å². The Bertz CT molecular complexity index is 1070. The number of ether oxygens (including phenoxy) is 3. The van der Waals surface area contributed by atoms with Gasteiger partial charge in [-0.25, -0.2) is 4.79 Å². The van der Waals surface area contributed by atoms with Crippen molar-refractivity contribution in [3.8, 4) is 0 Å². The molecule has 0 amide bonds. The molecular weight excluding hydrogens is 476 g/mol. The van der Waals surface area contributed by atoms with Gasteiger partial charge in [-0.1, -0.05) is 31.8 Å². The van der Waals surface area contributed by atoms with Gasteiger partial charge in [0.2, 0.25) is 17.8 Å². The van der Waals surface area contributed by atoms with Crippen LogP contribution in [0.15, 0.2) is 23.2 Å². The zero-order valence-electron chi connectivity index (χ0n) is 21.7. The molecule has 4 saturated carbocycles. The van der Waals surface area contributed by atoms with Crippen molar-refractivity contribution in [2.24, 2.45) is 40.4 Å². The molecule has 6 rings (SSSR count). The van der Waals surface area contributed by atoms with E-state index in [2.05, 4.69) is 18.6 Å². The monoisotopic (exact) mass is 514 g/mol. The topological polar surface area (TPSA) is 119 Å². The van der Waals surface area contributed by atoms with Crippen LogP contribution in [-0.4, -0.2) is 46.9 Å². The van der Waals surface area contributed by atoms with Crippen LogP contribution in [0.5, 0.6) is 0 Å². The van der Waals surface area contributed by atoms with Gasteiger partial charge in [0.25, 0.3) is 0 Å². The van der Waals surface area contributed by atoms with E-state index < -0.39 is 36.0 Å². The molecule has 6 aliphatic rings. The molecule has 5 aliphatic carbocycles. The molecule has 3 unspecified atom stereocenters. The third kappa shape index (κ3) is 3.68. The summed E-state index contributed by atoms with van der Waals surface area (Å²) < 4.78 is 17.4. The molecule has 0 aromatic rings. The van der Waals surface area contributed by atoms with Crippen LogP contribution in [-0.2, 0) is 23.8 Å². The number of carboxylic acid groups (broad SMARTS) is 1. The van der Waals surface area contributed by atoms with Gasteiger partial charge in [-0.15, -0.1) is 0 Å². The molecule has 8 nitrogen and oxygen atoms in total. The van der Waals surface area contributed by atoms with E-state index in [0.717, 1.165) is 50.5 Å². The summed E-state index contributed by atoms with van der Waals surface area (Å²) >= 11 is 0. The SMILES string of the molecule is C[C@@]12C(=CC(=O)C3=C1O[C@@H](C1CCCCC1)O3)CCC1C2[C@@H](O)C[C@@]2(C)C1CC[C@@H]2C(=O)COC(=O)O. The lowest BCUT2D eigenvalue weighted by Crippen LogP contribution is -2.57. The maximum absolute atomic E-state index is 13.1. The minimum Gasteiger partial charge on any atom is -0.454 e. The van der Waals surface area contributed by atoms with Crippen LogP contribution in [0.1, 0.15) is 78.1 Å². The maximum atomic E-state index is 13.1. The second kappa shape index (κ2) is 8.85. The van der Waals surface area contributed by atoms with Crippen LogP contribution >= 0.6 is 0 Å². The predicted octanol–water partition coefficient (Wildman–Crippen LogP) is 4.75. The molecule has 4 fully saturated rings. The van der Waals surface area contributed by atoms with Crippen molar-refractivity contribution in [2.75, 3.05) is 6.61 Å². The average Bonchev–Trinajstić information content (AvgIpc) is 3.46. The Hall–Kier alpha value is -2.35. The molecule has 8 heteroatoms. The molecule has 0 radical (unpaired) electrons. The molecule has 0 aromatic carbocycles. The molecule has 0 spiro atoms. The molecule has 0 aromatic heterocycles. The highest BCUT2D eigenvalue weighted by Crippen LogP contribution is 2.68. The predicted molar refractivity (Wildman–Crippen MR) is 131 cm³/mol. The number of allylic oxidation sites excluding steroid dienone is 2. The molecule has 2 N–H and O–H groups in total. The number of aliphatic hydroxyl groups is 1. The minimum atomic E-state index is -1.45. The lowest BCUT2D eigenvalue weighted by atomic mass is 9.46. The summed E-state index contributed by atoms with van der Waals surface area (Å²) in [7, 11) is 0. The van der Waals surface area contributed by atoms with E-state index in [0.29, 0.717) is 24.4 Å². The Morgan fingerprint density at radius 1 is 1.08 bits per heavy atom. The summed E-state index contributed by atoms with van der Waals surface area (Å²) in [6, 6.07) is 0. The summed E-state index contributed by atoms with van der Waals surface area (Å²) in [6.07, 6.45) is 8.32. The maximum Gasteiger partial charge on any atom is 0.506 e. The van der Waals surface area contributed by atoms with Gasteiger partial charge in [-0.2, -0.15) is 0 Å². The minimum absolute atomic E-state index is 0.126. The van der Waals surface area contributed by atoms with Gasteiger partial charge in [-0.05, 0) is 75.2 Å². The van der Waals surface area contributed by atoms with Gasteiger partial charge in [0, 0.05) is 17.8 Å². The zero-order chi connectivity index (χ0) is 26.1. The van der Waals surface area contributed by atoms with Crippen molar-refractivity contribution in [1.29, 1.82) is 0 Å². The Morgan fingerprint density at radius 2 is 1.84 bits per heavy atom. The number of carbonyl (C=O) groups excluding carboxylic acids is 2. The van der Waals surface area contributed by atoms with Gasteiger partial charge in [0.15, 0.2) is 18.1 Å². The van der Waals surface area contributed by atoms with E-state index in [1.54, 1.807) is 6.08 Å². The van der Waals surface area contributed by atoms with Gasteiger partial charge >= 0.3 is 6.16 Å². The van der Waals surface area contributed by atoms with E-state index in [9.17, 15) is 19.5 Å². The van der Waals surface area contributed by atoms with Crippen LogP contribution in [0.25, 0.3) is 0 Å². The standard InChI is InChI=1S/C29H38O8/c1-28-13-21(31)23-17(18(28)10-11-19(28)22(32)14-35-27(33)34)9-8-16-12-20(30)24-25(29(16,23)2)37-26(36-24)15-6-4-3-5-7-15/h12,15,17-19,21,23,26,31H,3-11,13-14H2,1-2H3,(H,33,34)/t17?,18?,19-,21+,23?,26+,28+,29+/m1/s1. The average molecular weight is 515 g/mol. The van der Waals surface area contributed by atoms with Gasteiger partial charge in [0.1, 0.15) is 0 Å². The normalized spacial score (nSPS) is 43.0. The van der Waals surface area contributed by atoms with E-state index in [1.807, 2.05) is 0 Å². The second-order valence-electron chi connectivity index (χ2n) is 12.7. The highest BCUT2D eigenvalue weighted by atomic mass is 16.7. The molecule has 0 saturated heterocycles. The van der Waals surface area contributed by atoms with Gasteiger partial charge in [0.05, 0.1) is 11.5 Å².